The predicted octanol–water partition coefficient (Wildman–Crippen LogP) is 0.809. The Morgan fingerprint density at radius 1 is 1.60 bits per heavy atom. The van der Waals surface area contributed by atoms with Crippen molar-refractivity contribution in [3.05, 3.63) is 0 Å². The van der Waals surface area contributed by atoms with Crippen molar-refractivity contribution < 1.29 is 4.74 Å². The highest BCUT2D eigenvalue weighted by Crippen LogP contribution is 1.93. The van der Waals surface area contributed by atoms with E-state index in [-0.39, 0.29) is 13.0 Å². The summed E-state index contributed by atoms with van der Waals surface area (Å²) in [6.07, 6.45) is -0.538. The van der Waals surface area contributed by atoms with E-state index in [1.165, 1.54) is 5.37 Å². The molecule has 0 aromatic rings. The highest BCUT2D eigenvalue weighted by Gasteiger charge is 2.03. The molecule has 0 radical (unpaired) electrons. The van der Waals surface area contributed by atoms with Crippen LogP contribution in [0.4, 0.5) is 0 Å². The zero-order valence-corrected chi connectivity index (χ0v) is 6.10. The van der Waals surface area contributed by atoms with Gasteiger partial charge in [0, 0.05) is 5.37 Å². The SMILES string of the molecule is N#CCC(C#N)OCC=S. The summed E-state index contributed by atoms with van der Waals surface area (Å²) in [5, 5.41) is 17.8. The van der Waals surface area contributed by atoms with Crippen molar-refractivity contribution >= 4 is 17.6 Å². The summed E-state index contributed by atoms with van der Waals surface area (Å²) in [7, 11) is 0. The van der Waals surface area contributed by atoms with Crippen LogP contribution < -0.4 is 0 Å². The summed E-state index contributed by atoms with van der Waals surface area (Å²) in [4.78, 5) is 0. The van der Waals surface area contributed by atoms with Crippen molar-refractivity contribution in [2.75, 3.05) is 6.61 Å². The van der Waals surface area contributed by atoms with E-state index in [9.17, 15) is 0 Å². The van der Waals surface area contributed by atoms with E-state index in [1.807, 2.05) is 12.1 Å². The molecule has 3 nitrogen and oxygen atoms in total. The maximum Gasteiger partial charge on any atom is 0.157 e. The number of hydrogen-bond donors (Lipinski definition) is 0. The standard InChI is InChI=1S/C6H6N2OS/c7-2-1-6(5-8)9-3-4-10/h4,6H,1,3H2. The molecule has 0 aromatic carbocycles. The first-order valence-corrected chi connectivity index (χ1v) is 3.14. The molecule has 4 heteroatoms. The largest absolute Gasteiger partial charge is 0.357 e. The van der Waals surface area contributed by atoms with E-state index in [1.54, 1.807) is 0 Å². The van der Waals surface area contributed by atoms with Crippen LogP contribution in [0.5, 0.6) is 0 Å². The highest BCUT2D eigenvalue weighted by atomic mass is 32.1. The fourth-order valence-electron chi connectivity index (χ4n) is 0.380. The molecule has 52 valence electrons. The third kappa shape index (κ3) is 3.96. The first-order valence-electron chi connectivity index (χ1n) is 2.67. The number of hydrogen-bond acceptors (Lipinski definition) is 4. The highest BCUT2D eigenvalue weighted by molar-refractivity contribution is 7.79. The molecule has 0 heterocycles. The molecule has 0 saturated heterocycles. The van der Waals surface area contributed by atoms with Gasteiger partial charge >= 0.3 is 0 Å². The minimum absolute atomic E-state index is 0.0969. The van der Waals surface area contributed by atoms with Crippen LogP contribution >= 0.6 is 12.2 Å². The number of thiocarbonyl (C=S) groups is 1. The Morgan fingerprint density at radius 3 is 2.70 bits per heavy atom. The van der Waals surface area contributed by atoms with Crippen LogP contribution in [0.15, 0.2) is 0 Å². The minimum atomic E-state index is -0.635. The van der Waals surface area contributed by atoms with Crippen molar-refractivity contribution in [2.45, 2.75) is 12.5 Å². The van der Waals surface area contributed by atoms with Crippen LogP contribution in [0.1, 0.15) is 6.42 Å². The molecule has 0 aliphatic heterocycles. The Balaban J connectivity index is 3.54. The quantitative estimate of drug-likeness (QED) is 0.562. The summed E-state index contributed by atoms with van der Waals surface area (Å²) in [6, 6.07) is 3.66. The van der Waals surface area contributed by atoms with Gasteiger partial charge in [0.05, 0.1) is 25.2 Å². The molecule has 1 unspecified atom stereocenters. The second kappa shape index (κ2) is 6.15. The molecule has 0 aliphatic carbocycles. The summed E-state index contributed by atoms with van der Waals surface area (Å²) in [5.74, 6) is 0. The van der Waals surface area contributed by atoms with Crippen molar-refractivity contribution in [3.63, 3.8) is 0 Å². The normalized spacial score (nSPS) is 11.0. The van der Waals surface area contributed by atoms with Gasteiger partial charge in [-0.3, -0.25) is 0 Å². The lowest BCUT2D eigenvalue weighted by molar-refractivity contribution is 0.129. The Kier molecular flexibility index (Phi) is 5.56. The van der Waals surface area contributed by atoms with Gasteiger partial charge in [0.2, 0.25) is 0 Å². The molecule has 10 heavy (non-hydrogen) atoms. The van der Waals surface area contributed by atoms with E-state index in [4.69, 9.17) is 15.3 Å². The van der Waals surface area contributed by atoms with Crippen molar-refractivity contribution in [2.24, 2.45) is 0 Å². The Hall–Kier alpha value is -0.970. The van der Waals surface area contributed by atoms with Crippen LogP contribution in [0.3, 0.4) is 0 Å². The van der Waals surface area contributed by atoms with E-state index in [2.05, 4.69) is 12.2 Å². The smallest absolute Gasteiger partial charge is 0.157 e. The maximum atomic E-state index is 8.31. The minimum Gasteiger partial charge on any atom is -0.357 e. The Labute approximate surface area is 64.8 Å². The second-order valence-corrected chi connectivity index (χ2v) is 1.81. The lowest BCUT2D eigenvalue weighted by atomic mass is 10.3. The summed E-state index contributed by atoms with van der Waals surface area (Å²) in [5.41, 5.74) is 0. The monoisotopic (exact) mass is 154 g/mol. The van der Waals surface area contributed by atoms with Gasteiger partial charge in [-0.05, 0) is 0 Å². The molecule has 0 bridgehead atoms. The van der Waals surface area contributed by atoms with Crippen molar-refractivity contribution in [1.82, 2.24) is 0 Å². The molecular formula is C6H6N2OS. The Morgan fingerprint density at radius 2 is 2.30 bits per heavy atom. The van der Waals surface area contributed by atoms with Crippen LogP contribution in [-0.2, 0) is 4.74 Å². The molecule has 0 saturated carbocycles. The number of rotatable bonds is 4. The molecule has 0 rings (SSSR count). The summed E-state index contributed by atoms with van der Waals surface area (Å²) < 4.78 is 4.84. The molecule has 0 aromatic heterocycles. The van der Waals surface area contributed by atoms with Gasteiger partial charge in [-0.2, -0.15) is 10.5 Å². The maximum absolute atomic E-state index is 8.31. The van der Waals surface area contributed by atoms with E-state index < -0.39 is 6.10 Å². The van der Waals surface area contributed by atoms with Gasteiger partial charge in [0.1, 0.15) is 0 Å². The number of nitriles is 2. The molecule has 1 atom stereocenters. The Bertz CT molecular complexity index is 179. The van der Waals surface area contributed by atoms with Crippen LogP contribution in [0, 0.1) is 22.7 Å². The van der Waals surface area contributed by atoms with Gasteiger partial charge in [-0.25, -0.2) is 0 Å². The van der Waals surface area contributed by atoms with Crippen LogP contribution in [0.2, 0.25) is 0 Å². The van der Waals surface area contributed by atoms with E-state index in [0.717, 1.165) is 0 Å². The lowest BCUT2D eigenvalue weighted by Crippen LogP contribution is -2.10. The average molecular weight is 154 g/mol. The van der Waals surface area contributed by atoms with Crippen LogP contribution in [-0.4, -0.2) is 18.1 Å². The summed E-state index contributed by atoms with van der Waals surface area (Å²) in [6.45, 7) is 0.245. The van der Waals surface area contributed by atoms with E-state index >= 15 is 0 Å². The molecule has 0 N–H and O–H groups in total. The van der Waals surface area contributed by atoms with Gasteiger partial charge in [-0.1, -0.05) is 12.2 Å². The molecule has 0 spiro atoms. The molecule has 0 aliphatic rings. The fraction of sp³-hybridized carbons (Fsp3) is 0.500. The summed E-state index contributed by atoms with van der Waals surface area (Å²) >= 11 is 4.46. The number of ether oxygens (including phenoxy) is 1. The molecular weight excluding hydrogens is 148 g/mol. The molecule has 0 amide bonds. The van der Waals surface area contributed by atoms with Gasteiger partial charge in [0.15, 0.2) is 6.10 Å². The van der Waals surface area contributed by atoms with E-state index in [0.29, 0.717) is 0 Å². The van der Waals surface area contributed by atoms with Gasteiger partial charge < -0.3 is 4.74 Å². The van der Waals surface area contributed by atoms with Crippen molar-refractivity contribution in [3.8, 4) is 12.1 Å². The number of nitrogens with zero attached hydrogens (tertiary/aromatic N) is 2. The zero-order valence-electron chi connectivity index (χ0n) is 5.28. The topological polar surface area (TPSA) is 56.8 Å². The lowest BCUT2D eigenvalue weighted by Gasteiger charge is -2.01. The van der Waals surface area contributed by atoms with Gasteiger partial charge in [0.25, 0.3) is 0 Å². The third-order valence-corrected chi connectivity index (χ3v) is 0.922. The predicted molar refractivity (Wildman–Crippen MR) is 39.2 cm³/mol. The van der Waals surface area contributed by atoms with Gasteiger partial charge in [-0.15, -0.1) is 0 Å². The first-order chi connectivity index (χ1) is 4.85. The second-order valence-electron chi connectivity index (χ2n) is 1.48. The fourth-order valence-corrected chi connectivity index (χ4v) is 0.459. The van der Waals surface area contributed by atoms with Crippen LogP contribution in [0.25, 0.3) is 0 Å². The first kappa shape index (κ1) is 9.03. The average Bonchev–Trinajstić information content (AvgIpc) is 1.98. The third-order valence-electron chi connectivity index (χ3n) is 0.786. The molecule has 0 fully saturated rings. The zero-order chi connectivity index (χ0) is 7.82. The van der Waals surface area contributed by atoms with Crippen molar-refractivity contribution in [1.29, 1.82) is 10.5 Å².